The summed E-state index contributed by atoms with van der Waals surface area (Å²) in [5.41, 5.74) is 1.12. The van der Waals surface area contributed by atoms with Crippen LogP contribution in [0.5, 0.6) is 0 Å². The Balaban J connectivity index is 1.60. The fourth-order valence-corrected chi connectivity index (χ4v) is 5.08. The molecule has 1 N–H and O–H groups in total. The molecule has 3 aromatic rings. The van der Waals surface area contributed by atoms with Gasteiger partial charge < -0.3 is 19.9 Å². The van der Waals surface area contributed by atoms with Crippen LogP contribution in [0.3, 0.4) is 0 Å². The third-order valence-corrected chi connectivity index (χ3v) is 7.49. The van der Waals surface area contributed by atoms with E-state index in [9.17, 15) is 10.1 Å². The molecule has 0 spiro atoms. The van der Waals surface area contributed by atoms with Crippen LogP contribution in [0, 0.1) is 15.9 Å². The fourth-order valence-electron chi connectivity index (χ4n) is 4.87. The number of halogens is 2. The minimum absolute atomic E-state index is 0.0919. The molecule has 0 aliphatic carbocycles. The van der Waals surface area contributed by atoms with Crippen molar-refractivity contribution in [1.29, 1.82) is 0 Å². The van der Waals surface area contributed by atoms with Gasteiger partial charge in [0.05, 0.1) is 35.2 Å². The standard InChI is InChI=1S/C25H29ClFN9O3/c1-15-12-35(13-16(2)33(15)3)21-11-18(27)17(19-4-5-28-25(32-19)34-6-8-39-9-7-34)10-20(21)31-24-22(36(37)38)23(26)29-14-30-24/h4-5,10-11,14-16H,6-9,12-13H2,1-3H3,(H,29,30,31)/t15-,16+. The molecular formula is C25H29ClFN9O3. The van der Waals surface area contributed by atoms with Gasteiger partial charge in [0.25, 0.3) is 0 Å². The van der Waals surface area contributed by atoms with Crippen LogP contribution in [0.4, 0.5) is 33.2 Å². The third kappa shape index (κ3) is 5.56. The van der Waals surface area contributed by atoms with E-state index in [1.54, 1.807) is 18.3 Å². The number of nitrogens with one attached hydrogen (secondary N) is 1. The highest BCUT2D eigenvalue weighted by molar-refractivity contribution is 6.31. The summed E-state index contributed by atoms with van der Waals surface area (Å²) in [6.45, 7) is 7.86. The number of morpholine rings is 1. The lowest BCUT2D eigenvalue weighted by atomic mass is 10.0. The topological polar surface area (TPSA) is 126 Å². The molecule has 1 aromatic carbocycles. The number of nitro groups is 1. The Bertz CT molecular complexity index is 1360. The van der Waals surface area contributed by atoms with Gasteiger partial charge in [-0.05, 0) is 39.1 Å². The normalized spacial score (nSPS) is 20.2. The molecule has 39 heavy (non-hydrogen) atoms. The summed E-state index contributed by atoms with van der Waals surface area (Å²) in [6.07, 6.45) is 2.73. The quantitative estimate of drug-likeness (QED) is 0.270. The van der Waals surface area contributed by atoms with Crippen LogP contribution in [-0.2, 0) is 4.74 Å². The molecule has 0 saturated carbocycles. The predicted molar refractivity (Wildman–Crippen MR) is 146 cm³/mol. The van der Waals surface area contributed by atoms with E-state index in [0.29, 0.717) is 62.4 Å². The van der Waals surface area contributed by atoms with Gasteiger partial charge in [0.15, 0.2) is 0 Å². The van der Waals surface area contributed by atoms with Gasteiger partial charge in [0, 0.05) is 50.0 Å². The Labute approximate surface area is 229 Å². The molecule has 0 bridgehead atoms. The van der Waals surface area contributed by atoms with Crippen molar-refractivity contribution in [3.05, 3.63) is 51.8 Å². The average Bonchev–Trinajstić information content (AvgIpc) is 2.92. The van der Waals surface area contributed by atoms with E-state index >= 15 is 4.39 Å². The van der Waals surface area contributed by atoms with Crippen LogP contribution in [0.25, 0.3) is 11.3 Å². The van der Waals surface area contributed by atoms with Crippen molar-refractivity contribution in [2.75, 3.05) is 61.6 Å². The molecule has 0 radical (unpaired) electrons. The van der Waals surface area contributed by atoms with E-state index in [2.05, 4.69) is 55.9 Å². The SMILES string of the molecule is C[C@@H]1CN(c2cc(F)c(-c3ccnc(N4CCOCC4)n3)cc2Nc2ncnc(Cl)c2[N+](=O)[O-])C[C@H](C)N1C. The summed E-state index contributed by atoms with van der Waals surface area (Å²) in [4.78, 5) is 34.2. The largest absolute Gasteiger partial charge is 0.378 e. The van der Waals surface area contributed by atoms with E-state index < -0.39 is 16.4 Å². The zero-order chi connectivity index (χ0) is 27.7. The smallest absolute Gasteiger partial charge is 0.348 e. The van der Waals surface area contributed by atoms with Gasteiger partial charge in [-0.25, -0.2) is 24.3 Å². The molecule has 0 amide bonds. The Morgan fingerprint density at radius 3 is 2.54 bits per heavy atom. The number of piperazine rings is 1. The molecule has 5 rings (SSSR count). The number of benzene rings is 1. The summed E-state index contributed by atoms with van der Waals surface area (Å²) in [5, 5.41) is 14.5. The van der Waals surface area contributed by atoms with Crippen molar-refractivity contribution < 1.29 is 14.1 Å². The second-order valence-corrected chi connectivity index (χ2v) is 10.1. The summed E-state index contributed by atoms with van der Waals surface area (Å²) in [5.74, 6) is -0.0870. The lowest BCUT2D eigenvalue weighted by Crippen LogP contribution is -2.55. The molecule has 2 saturated heterocycles. The van der Waals surface area contributed by atoms with Crippen molar-refractivity contribution in [1.82, 2.24) is 24.8 Å². The summed E-state index contributed by atoms with van der Waals surface area (Å²) in [7, 11) is 2.06. The summed E-state index contributed by atoms with van der Waals surface area (Å²) in [6, 6.07) is 5.07. The Morgan fingerprint density at radius 2 is 1.85 bits per heavy atom. The number of hydrogen-bond donors (Lipinski definition) is 1. The minimum atomic E-state index is -0.645. The monoisotopic (exact) mass is 557 g/mol. The zero-order valence-electron chi connectivity index (χ0n) is 21.8. The van der Waals surface area contributed by atoms with Crippen LogP contribution < -0.4 is 15.1 Å². The van der Waals surface area contributed by atoms with Crippen molar-refractivity contribution >= 4 is 40.4 Å². The molecule has 12 nitrogen and oxygen atoms in total. The Kier molecular flexibility index (Phi) is 7.73. The number of rotatable bonds is 6. The van der Waals surface area contributed by atoms with E-state index in [0.717, 1.165) is 6.33 Å². The lowest BCUT2D eigenvalue weighted by molar-refractivity contribution is -0.384. The van der Waals surface area contributed by atoms with Gasteiger partial charge in [-0.15, -0.1) is 0 Å². The zero-order valence-corrected chi connectivity index (χ0v) is 22.6. The second kappa shape index (κ2) is 11.2. The van der Waals surface area contributed by atoms with Crippen LogP contribution in [0.1, 0.15) is 13.8 Å². The van der Waals surface area contributed by atoms with E-state index in [1.807, 2.05) is 4.90 Å². The van der Waals surface area contributed by atoms with Gasteiger partial charge >= 0.3 is 5.69 Å². The lowest BCUT2D eigenvalue weighted by Gasteiger charge is -2.44. The van der Waals surface area contributed by atoms with E-state index in [1.165, 1.54) is 6.07 Å². The summed E-state index contributed by atoms with van der Waals surface area (Å²) < 4.78 is 21.2. The maximum atomic E-state index is 15.8. The first-order valence-corrected chi connectivity index (χ1v) is 13.0. The highest BCUT2D eigenvalue weighted by Gasteiger charge is 2.30. The highest BCUT2D eigenvalue weighted by Crippen LogP contribution is 2.39. The molecule has 206 valence electrons. The number of ether oxygens (including phenoxy) is 1. The highest BCUT2D eigenvalue weighted by atomic mass is 35.5. The molecule has 2 aliphatic rings. The van der Waals surface area contributed by atoms with Crippen LogP contribution in [0.15, 0.2) is 30.7 Å². The first-order valence-electron chi connectivity index (χ1n) is 12.6. The fraction of sp³-hybridized carbons (Fsp3) is 0.440. The molecule has 14 heteroatoms. The van der Waals surface area contributed by atoms with Gasteiger partial charge in [0.1, 0.15) is 12.1 Å². The van der Waals surface area contributed by atoms with Crippen molar-refractivity contribution in [3.8, 4) is 11.3 Å². The molecule has 4 heterocycles. The second-order valence-electron chi connectivity index (χ2n) is 9.70. The number of anilines is 4. The Hall–Kier alpha value is -3.68. The first-order chi connectivity index (χ1) is 18.7. The average molecular weight is 558 g/mol. The van der Waals surface area contributed by atoms with Gasteiger partial charge in [-0.2, -0.15) is 0 Å². The third-order valence-electron chi connectivity index (χ3n) is 7.21. The van der Waals surface area contributed by atoms with Crippen molar-refractivity contribution in [2.45, 2.75) is 25.9 Å². The summed E-state index contributed by atoms with van der Waals surface area (Å²) >= 11 is 6.04. The predicted octanol–water partition coefficient (Wildman–Crippen LogP) is 3.74. The molecule has 2 aliphatic heterocycles. The molecule has 2 atom stereocenters. The van der Waals surface area contributed by atoms with Crippen molar-refractivity contribution in [2.24, 2.45) is 0 Å². The molecule has 2 fully saturated rings. The maximum Gasteiger partial charge on any atom is 0.348 e. The van der Waals surface area contributed by atoms with E-state index in [4.69, 9.17) is 16.3 Å². The Morgan fingerprint density at radius 1 is 1.13 bits per heavy atom. The van der Waals surface area contributed by atoms with E-state index in [-0.39, 0.29) is 28.6 Å². The molecular weight excluding hydrogens is 529 g/mol. The maximum absolute atomic E-state index is 15.8. The number of nitrogens with zero attached hydrogens (tertiary/aromatic N) is 8. The van der Waals surface area contributed by atoms with Gasteiger partial charge in [-0.1, -0.05) is 11.6 Å². The van der Waals surface area contributed by atoms with Crippen LogP contribution in [-0.4, -0.2) is 88.3 Å². The van der Waals surface area contributed by atoms with Crippen LogP contribution >= 0.6 is 11.6 Å². The number of likely N-dealkylation sites (N-methyl/N-ethyl adjacent to an activating group) is 1. The first kappa shape index (κ1) is 26.9. The number of hydrogen-bond acceptors (Lipinski definition) is 11. The molecule has 0 unspecified atom stereocenters. The van der Waals surface area contributed by atoms with Crippen molar-refractivity contribution in [3.63, 3.8) is 0 Å². The van der Waals surface area contributed by atoms with Gasteiger partial charge in [0.2, 0.25) is 16.9 Å². The molecule has 2 aromatic heterocycles. The van der Waals surface area contributed by atoms with Crippen LogP contribution in [0.2, 0.25) is 5.15 Å². The van der Waals surface area contributed by atoms with Gasteiger partial charge in [-0.3, -0.25) is 15.0 Å². The number of aromatic nitrogens is 4. The minimum Gasteiger partial charge on any atom is -0.378 e.